The molecule has 1 aromatic carbocycles. The third-order valence-electron chi connectivity index (χ3n) is 3.33. The standard InChI is InChI=1S/C14H20N2O3/c1-18-12-5-10(6-13(8-12)19-2)3-4-16-9-11(15)7-14(16)17/h5-6,8,11H,3-4,7,9,15H2,1-2H3. The van der Waals surface area contributed by atoms with Crippen LogP contribution >= 0.6 is 0 Å². The van der Waals surface area contributed by atoms with E-state index in [2.05, 4.69) is 0 Å². The second-order valence-corrected chi connectivity index (χ2v) is 4.77. The Kier molecular flexibility index (Phi) is 4.27. The number of likely N-dealkylation sites (tertiary alicyclic amines) is 1. The summed E-state index contributed by atoms with van der Waals surface area (Å²) in [4.78, 5) is 13.5. The summed E-state index contributed by atoms with van der Waals surface area (Å²) in [7, 11) is 3.25. The molecule has 0 saturated carbocycles. The number of methoxy groups -OCH3 is 2. The Labute approximate surface area is 113 Å². The monoisotopic (exact) mass is 264 g/mol. The molecule has 2 N–H and O–H groups in total. The van der Waals surface area contributed by atoms with E-state index < -0.39 is 0 Å². The predicted molar refractivity (Wildman–Crippen MR) is 72.4 cm³/mol. The number of hydrogen-bond donors (Lipinski definition) is 1. The van der Waals surface area contributed by atoms with Gasteiger partial charge in [-0.3, -0.25) is 4.79 Å². The number of nitrogens with two attached hydrogens (primary N) is 1. The Morgan fingerprint density at radius 3 is 2.37 bits per heavy atom. The highest BCUT2D eigenvalue weighted by atomic mass is 16.5. The molecule has 2 rings (SSSR count). The van der Waals surface area contributed by atoms with Gasteiger partial charge in [0.25, 0.3) is 0 Å². The van der Waals surface area contributed by atoms with Gasteiger partial charge in [0.1, 0.15) is 11.5 Å². The second-order valence-electron chi connectivity index (χ2n) is 4.77. The lowest BCUT2D eigenvalue weighted by Crippen LogP contribution is -2.30. The van der Waals surface area contributed by atoms with Gasteiger partial charge in [-0.1, -0.05) is 0 Å². The molecular formula is C14H20N2O3. The van der Waals surface area contributed by atoms with Crippen molar-refractivity contribution < 1.29 is 14.3 Å². The Hall–Kier alpha value is -1.75. The van der Waals surface area contributed by atoms with Crippen molar-refractivity contribution in [1.29, 1.82) is 0 Å². The van der Waals surface area contributed by atoms with Gasteiger partial charge in [0, 0.05) is 31.6 Å². The summed E-state index contributed by atoms with van der Waals surface area (Å²) in [5.74, 6) is 1.67. The van der Waals surface area contributed by atoms with Crippen LogP contribution in [0.4, 0.5) is 0 Å². The molecule has 1 atom stereocenters. The molecule has 0 radical (unpaired) electrons. The summed E-state index contributed by atoms with van der Waals surface area (Å²) in [6, 6.07) is 5.74. The van der Waals surface area contributed by atoms with Crippen LogP contribution in [-0.2, 0) is 11.2 Å². The van der Waals surface area contributed by atoms with E-state index in [-0.39, 0.29) is 11.9 Å². The lowest BCUT2D eigenvalue weighted by Gasteiger charge is -2.16. The van der Waals surface area contributed by atoms with Gasteiger partial charge in [0.2, 0.25) is 5.91 Å². The minimum Gasteiger partial charge on any atom is -0.497 e. The number of carbonyl (C=O) groups is 1. The molecule has 0 bridgehead atoms. The first kappa shape index (κ1) is 13.7. The molecule has 1 fully saturated rings. The lowest BCUT2D eigenvalue weighted by molar-refractivity contribution is -0.127. The van der Waals surface area contributed by atoms with Crippen molar-refractivity contribution in [2.24, 2.45) is 5.73 Å². The normalized spacial score (nSPS) is 18.8. The third-order valence-corrected chi connectivity index (χ3v) is 3.33. The van der Waals surface area contributed by atoms with E-state index in [1.54, 1.807) is 14.2 Å². The van der Waals surface area contributed by atoms with E-state index in [4.69, 9.17) is 15.2 Å². The highest BCUT2D eigenvalue weighted by Crippen LogP contribution is 2.23. The summed E-state index contributed by atoms with van der Waals surface area (Å²) in [6.45, 7) is 1.34. The summed E-state index contributed by atoms with van der Waals surface area (Å²) in [5.41, 5.74) is 6.86. The van der Waals surface area contributed by atoms with Crippen molar-refractivity contribution in [2.45, 2.75) is 18.9 Å². The minimum absolute atomic E-state index is 0.0210. The minimum atomic E-state index is -0.0210. The van der Waals surface area contributed by atoms with Gasteiger partial charge in [0.05, 0.1) is 14.2 Å². The SMILES string of the molecule is COc1cc(CCN2CC(N)CC2=O)cc(OC)c1. The molecule has 5 nitrogen and oxygen atoms in total. The highest BCUT2D eigenvalue weighted by Gasteiger charge is 2.26. The molecule has 1 saturated heterocycles. The molecule has 1 aliphatic heterocycles. The number of benzene rings is 1. The molecular weight excluding hydrogens is 244 g/mol. The van der Waals surface area contributed by atoms with E-state index in [9.17, 15) is 4.79 Å². The molecule has 1 heterocycles. The van der Waals surface area contributed by atoms with Gasteiger partial charge >= 0.3 is 0 Å². The predicted octanol–water partition coefficient (Wildman–Crippen LogP) is 0.806. The summed E-state index contributed by atoms with van der Waals surface area (Å²) in [6.07, 6.45) is 1.23. The maximum Gasteiger partial charge on any atom is 0.224 e. The van der Waals surface area contributed by atoms with Crippen LogP contribution in [0.15, 0.2) is 18.2 Å². The Bertz CT molecular complexity index is 440. The van der Waals surface area contributed by atoms with Crippen LogP contribution in [-0.4, -0.2) is 44.2 Å². The first-order valence-electron chi connectivity index (χ1n) is 6.37. The first-order valence-corrected chi connectivity index (χ1v) is 6.37. The zero-order chi connectivity index (χ0) is 13.8. The molecule has 0 aromatic heterocycles. The average molecular weight is 264 g/mol. The van der Waals surface area contributed by atoms with Crippen molar-refractivity contribution in [2.75, 3.05) is 27.3 Å². The molecule has 104 valence electrons. The van der Waals surface area contributed by atoms with Crippen LogP contribution in [0.2, 0.25) is 0 Å². The van der Waals surface area contributed by atoms with Crippen molar-refractivity contribution in [3.8, 4) is 11.5 Å². The Morgan fingerprint density at radius 1 is 1.26 bits per heavy atom. The largest absolute Gasteiger partial charge is 0.497 e. The number of carbonyl (C=O) groups excluding carboxylic acids is 1. The van der Waals surface area contributed by atoms with Gasteiger partial charge in [-0.05, 0) is 24.1 Å². The van der Waals surface area contributed by atoms with Crippen molar-refractivity contribution >= 4 is 5.91 Å². The van der Waals surface area contributed by atoms with E-state index in [1.807, 2.05) is 23.1 Å². The van der Waals surface area contributed by atoms with Gasteiger partial charge in [-0.25, -0.2) is 0 Å². The zero-order valence-corrected chi connectivity index (χ0v) is 11.4. The van der Waals surface area contributed by atoms with E-state index in [0.29, 0.717) is 19.5 Å². The topological polar surface area (TPSA) is 64.8 Å². The van der Waals surface area contributed by atoms with Gasteiger partial charge in [-0.2, -0.15) is 0 Å². The van der Waals surface area contributed by atoms with Crippen molar-refractivity contribution in [3.63, 3.8) is 0 Å². The maximum atomic E-state index is 11.6. The second kappa shape index (κ2) is 5.93. The summed E-state index contributed by atoms with van der Waals surface area (Å²) in [5, 5.41) is 0. The molecule has 19 heavy (non-hydrogen) atoms. The molecule has 0 spiro atoms. The van der Waals surface area contributed by atoms with Crippen LogP contribution in [0, 0.1) is 0 Å². The number of ether oxygens (including phenoxy) is 2. The van der Waals surface area contributed by atoms with E-state index >= 15 is 0 Å². The fourth-order valence-electron chi connectivity index (χ4n) is 2.29. The Morgan fingerprint density at radius 2 is 1.89 bits per heavy atom. The van der Waals surface area contributed by atoms with Crippen molar-refractivity contribution in [3.05, 3.63) is 23.8 Å². The summed E-state index contributed by atoms with van der Waals surface area (Å²) >= 11 is 0. The van der Waals surface area contributed by atoms with Crippen LogP contribution < -0.4 is 15.2 Å². The fourth-order valence-corrected chi connectivity index (χ4v) is 2.29. The lowest BCUT2D eigenvalue weighted by atomic mass is 10.1. The van der Waals surface area contributed by atoms with E-state index in [0.717, 1.165) is 23.5 Å². The van der Waals surface area contributed by atoms with Gasteiger partial charge in [0.15, 0.2) is 0 Å². The number of hydrogen-bond acceptors (Lipinski definition) is 4. The average Bonchev–Trinajstić information content (AvgIpc) is 2.74. The molecule has 5 heteroatoms. The van der Waals surface area contributed by atoms with Crippen LogP contribution in [0.1, 0.15) is 12.0 Å². The highest BCUT2D eigenvalue weighted by molar-refractivity contribution is 5.79. The molecule has 1 aromatic rings. The summed E-state index contributed by atoms with van der Waals surface area (Å²) < 4.78 is 10.5. The number of amides is 1. The zero-order valence-electron chi connectivity index (χ0n) is 11.4. The van der Waals surface area contributed by atoms with E-state index in [1.165, 1.54) is 0 Å². The molecule has 1 aliphatic rings. The van der Waals surface area contributed by atoms with Gasteiger partial charge < -0.3 is 20.1 Å². The van der Waals surface area contributed by atoms with Crippen molar-refractivity contribution in [1.82, 2.24) is 4.90 Å². The number of nitrogens with zero attached hydrogens (tertiary/aromatic N) is 1. The fraction of sp³-hybridized carbons (Fsp3) is 0.500. The first-order chi connectivity index (χ1) is 9.12. The maximum absolute atomic E-state index is 11.6. The van der Waals surface area contributed by atoms with Crippen LogP contribution in [0.3, 0.4) is 0 Å². The number of rotatable bonds is 5. The van der Waals surface area contributed by atoms with Crippen LogP contribution in [0.5, 0.6) is 11.5 Å². The smallest absolute Gasteiger partial charge is 0.224 e. The molecule has 1 amide bonds. The third kappa shape index (κ3) is 3.38. The molecule has 1 unspecified atom stereocenters. The van der Waals surface area contributed by atoms with Crippen LogP contribution in [0.25, 0.3) is 0 Å². The molecule has 0 aliphatic carbocycles. The quantitative estimate of drug-likeness (QED) is 0.854. The Balaban J connectivity index is 2.01. The van der Waals surface area contributed by atoms with Gasteiger partial charge in [-0.15, -0.1) is 0 Å².